The first-order chi connectivity index (χ1) is 20.3. The fourth-order valence-corrected chi connectivity index (χ4v) is 7.75. The van der Waals surface area contributed by atoms with E-state index in [2.05, 4.69) is 58.3 Å². The van der Waals surface area contributed by atoms with Crippen LogP contribution in [0, 0.1) is 23.2 Å². The molecule has 4 saturated heterocycles. The number of carbonyl (C=O) groups is 2. The highest BCUT2D eigenvalue weighted by atomic mass is 19.1. The Labute approximate surface area is 246 Å². The summed E-state index contributed by atoms with van der Waals surface area (Å²) in [5.74, 6) is -0.274. The molecule has 6 heterocycles. The van der Waals surface area contributed by atoms with Crippen LogP contribution < -0.4 is 26.9 Å². The number of piperidine rings is 2. The topological polar surface area (TPSA) is 140 Å². The smallest absolute Gasteiger partial charge is 0.320 e. The number of carbonyl (C=O) groups excluding carboxylic acids is 2. The number of hydrazine groups is 2. The van der Waals surface area contributed by atoms with Crippen LogP contribution in [-0.2, 0) is 9.53 Å². The number of ether oxygens (including phenoxy) is 1. The molecule has 0 aromatic heterocycles. The maximum atomic E-state index is 16.1. The number of fused-ring (bicyclic) bond motifs is 5. The molecule has 0 spiro atoms. The Balaban J connectivity index is 1.35. The average Bonchev–Trinajstić information content (AvgIpc) is 3.45. The van der Waals surface area contributed by atoms with Gasteiger partial charge in [0.05, 0.1) is 49.6 Å². The van der Waals surface area contributed by atoms with Gasteiger partial charge in [0.25, 0.3) is 0 Å². The van der Waals surface area contributed by atoms with Crippen molar-refractivity contribution in [1.29, 1.82) is 5.26 Å². The monoisotopic (exact) mass is 586 g/mol. The average molecular weight is 587 g/mol. The Kier molecular flexibility index (Phi) is 8.30. The number of nitrogens with one attached hydrogen (secondary N) is 5. The molecule has 230 valence electrons. The lowest BCUT2D eigenvalue weighted by Gasteiger charge is -2.59. The van der Waals surface area contributed by atoms with E-state index in [1.807, 2.05) is 11.1 Å². The van der Waals surface area contributed by atoms with Gasteiger partial charge in [0.1, 0.15) is 12.3 Å². The van der Waals surface area contributed by atoms with Crippen molar-refractivity contribution in [3.05, 3.63) is 24.6 Å². The second kappa shape index (κ2) is 12.0. The van der Waals surface area contributed by atoms with Crippen LogP contribution in [0.2, 0.25) is 0 Å². The van der Waals surface area contributed by atoms with E-state index in [1.165, 1.54) is 6.08 Å². The van der Waals surface area contributed by atoms with Crippen LogP contribution in [0.1, 0.15) is 39.5 Å². The number of hydrogen-bond donors (Lipinski definition) is 5. The first kappa shape index (κ1) is 29.1. The highest BCUT2D eigenvalue weighted by Crippen LogP contribution is 2.38. The Hall–Kier alpha value is -2.96. The quantitative estimate of drug-likeness (QED) is 0.284. The third-order valence-corrected chi connectivity index (χ3v) is 9.73. The molecule has 9 unspecified atom stereocenters. The molecule has 13 nitrogen and oxygen atoms in total. The summed E-state index contributed by atoms with van der Waals surface area (Å²) in [6, 6.07) is 1.37. The van der Waals surface area contributed by atoms with E-state index in [0.717, 1.165) is 18.7 Å². The summed E-state index contributed by atoms with van der Waals surface area (Å²) in [5.41, 5.74) is 7.14. The number of amides is 3. The van der Waals surface area contributed by atoms with Gasteiger partial charge in [-0.1, -0.05) is 20.4 Å². The number of nitriles is 1. The molecule has 0 radical (unpaired) electrons. The van der Waals surface area contributed by atoms with Crippen molar-refractivity contribution < 1.29 is 18.7 Å². The summed E-state index contributed by atoms with van der Waals surface area (Å²) in [6.45, 7) is 10.5. The molecule has 6 aliphatic heterocycles. The number of halogens is 1. The molecule has 3 amide bonds. The highest BCUT2D eigenvalue weighted by molar-refractivity contribution is 5.87. The third-order valence-electron chi connectivity index (χ3n) is 9.73. The number of hydrogen-bond acceptors (Lipinski definition) is 10. The standard InChI is InChI=1S/C28H43FN10O3/c1-4-22(40)37-11-10-36(15-18(37)5-8-30)25-19-13-20(29)27-32-26(19)39(28(41)33-25)24-21(6-9-31-23(24)16(2)3)42-12-7-17-14-38(27)35-34-17/h4,14,16,18-21,23-27,31-32,34-35H,1,5-7,9-13,15H2,2-3H3,(H,33,41). The SMILES string of the molecule is C=CC(=O)N1CCN(C2NC(=O)N3C4NC(C(F)CC24)N2C=C(CCOC4CCNC(C(C)C)C43)NN2)CC1CC#N. The molecule has 4 fully saturated rings. The maximum Gasteiger partial charge on any atom is 0.320 e. The predicted molar refractivity (Wildman–Crippen MR) is 151 cm³/mol. The summed E-state index contributed by atoms with van der Waals surface area (Å²) < 4.78 is 22.6. The van der Waals surface area contributed by atoms with Crippen LogP contribution in [-0.4, -0.2) is 113 Å². The van der Waals surface area contributed by atoms with Crippen LogP contribution in [0.25, 0.3) is 0 Å². The van der Waals surface area contributed by atoms with Crippen molar-refractivity contribution in [3.63, 3.8) is 0 Å². The van der Waals surface area contributed by atoms with E-state index in [1.54, 1.807) is 9.91 Å². The zero-order valence-corrected chi connectivity index (χ0v) is 24.3. The fourth-order valence-electron chi connectivity index (χ4n) is 7.75. The second-order valence-electron chi connectivity index (χ2n) is 12.5. The van der Waals surface area contributed by atoms with Gasteiger partial charge in [-0.3, -0.25) is 20.0 Å². The summed E-state index contributed by atoms with van der Waals surface area (Å²) >= 11 is 0. The van der Waals surface area contributed by atoms with Crippen LogP contribution in [0.4, 0.5) is 9.18 Å². The number of alkyl halides is 1. The zero-order chi connectivity index (χ0) is 29.5. The zero-order valence-electron chi connectivity index (χ0n) is 24.3. The number of piperazine rings is 1. The van der Waals surface area contributed by atoms with E-state index in [0.29, 0.717) is 32.7 Å². The molecule has 14 heteroatoms. The van der Waals surface area contributed by atoms with Crippen molar-refractivity contribution >= 4 is 11.9 Å². The molecular weight excluding hydrogens is 543 g/mol. The number of urea groups is 1. The fraction of sp³-hybridized carbons (Fsp3) is 0.750. The van der Waals surface area contributed by atoms with Crippen LogP contribution in [0.3, 0.4) is 0 Å². The summed E-state index contributed by atoms with van der Waals surface area (Å²) in [5, 5.41) is 21.7. The van der Waals surface area contributed by atoms with E-state index >= 15 is 4.39 Å². The minimum atomic E-state index is -1.23. The minimum Gasteiger partial charge on any atom is -0.376 e. The number of nitrogens with zero attached hydrogens (tertiary/aromatic N) is 5. The molecule has 42 heavy (non-hydrogen) atoms. The molecule has 0 aliphatic carbocycles. The van der Waals surface area contributed by atoms with Crippen LogP contribution in [0.5, 0.6) is 0 Å². The van der Waals surface area contributed by atoms with Gasteiger partial charge in [-0.25, -0.2) is 9.18 Å². The Morgan fingerprint density at radius 3 is 2.90 bits per heavy atom. The van der Waals surface area contributed by atoms with Crippen molar-refractivity contribution in [2.45, 2.75) is 88.4 Å². The van der Waals surface area contributed by atoms with Crippen LogP contribution >= 0.6 is 0 Å². The molecule has 6 rings (SSSR count). The van der Waals surface area contributed by atoms with E-state index in [9.17, 15) is 14.9 Å². The molecule has 9 atom stereocenters. The lowest BCUT2D eigenvalue weighted by Crippen LogP contribution is -2.80. The van der Waals surface area contributed by atoms with Crippen molar-refractivity contribution in [2.75, 3.05) is 32.8 Å². The van der Waals surface area contributed by atoms with E-state index in [4.69, 9.17) is 4.74 Å². The Morgan fingerprint density at radius 1 is 1.31 bits per heavy atom. The van der Waals surface area contributed by atoms with Gasteiger partial charge < -0.3 is 30.6 Å². The van der Waals surface area contributed by atoms with Gasteiger partial charge in [-0.05, 0) is 31.4 Å². The molecule has 4 bridgehead atoms. The van der Waals surface area contributed by atoms with Gasteiger partial charge in [-0.2, -0.15) is 5.26 Å². The van der Waals surface area contributed by atoms with Gasteiger partial charge in [0, 0.05) is 49.9 Å². The van der Waals surface area contributed by atoms with Gasteiger partial charge >= 0.3 is 6.03 Å². The molecule has 0 saturated carbocycles. The van der Waals surface area contributed by atoms with Crippen molar-refractivity contribution in [3.8, 4) is 6.07 Å². The first-order valence-electron chi connectivity index (χ1n) is 15.2. The van der Waals surface area contributed by atoms with Crippen molar-refractivity contribution in [1.82, 2.24) is 46.6 Å². The molecule has 6 aliphatic rings. The Morgan fingerprint density at radius 2 is 2.14 bits per heavy atom. The van der Waals surface area contributed by atoms with Gasteiger partial charge in [0.2, 0.25) is 5.91 Å². The summed E-state index contributed by atoms with van der Waals surface area (Å²) in [4.78, 5) is 32.4. The lowest BCUT2D eigenvalue weighted by molar-refractivity contribution is -0.135. The molecule has 0 aromatic rings. The number of rotatable bonds is 4. The van der Waals surface area contributed by atoms with E-state index < -0.39 is 24.7 Å². The minimum absolute atomic E-state index is 0.000969. The molecular formula is C28H43FN10O3. The lowest BCUT2D eigenvalue weighted by atomic mass is 9.81. The third kappa shape index (κ3) is 5.22. The predicted octanol–water partition coefficient (Wildman–Crippen LogP) is -0.108. The van der Waals surface area contributed by atoms with Crippen molar-refractivity contribution in [2.24, 2.45) is 11.8 Å². The largest absolute Gasteiger partial charge is 0.376 e. The van der Waals surface area contributed by atoms with Gasteiger partial charge in [-0.15, -0.1) is 5.53 Å². The van der Waals surface area contributed by atoms with Crippen LogP contribution in [0.15, 0.2) is 24.6 Å². The normalized spacial score (nSPS) is 38.7. The highest BCUT2D eigenvalue weighted by Gasteiger charge is 2.56. The Bertz CT molecular complexity index is 1130. The van der Waals surface area contributed by atoms with E-state index in [-0.39, 0.29) is 60.8 Å². The maximum absolute atomic E-state index is 16.1. The molecule has 5 N–H and O–H groups in total. The molecule has 0 aromatic carbocycles. The second-order valence-corrected chi connectivity index (χ2v) is 12.5. The van der Waals surface area contributed by atoms with Gasteiger partial charge in [0.15, 0.2) is 0 Å². The summed E-state index contributed by atoms with van der Waals surface area (Å²) in [6.07, 6.45) is 1.90. The first-order valence-corrected chi connectivity index (χ1v) is 15.2. The summed E-state index contributed by atoms with van der Waals surface area (Å²) in [7, 11) is 0.